The van der Waals surface area contributed by atoms with E-state index in [0.717, 1.165) is 11.3 Å². The van der Waals surface area contributed by atoms with E-state index in [-0.39, 0.29) is 0 Å². The second-order valence-corrected chi connectivity index (χ2v) is 3.92. The van der Waals surface area contributed by atoms with Gasteiger partial charge in [0.25, 0.3) is 0 Å². The Morgan fingerprint density at radius 3 is 2.20 bits per heavy atom. The molecule has 0 aliphatic heterocycles. The van der Waals surface area contributed by atoms with Crippen molar-refractivity contribution in [2.45, 2.75) is 52.9 Å². The first kappa shape index (κ1) is 8.10. The SMILES string of the molecule is CCCC1(C(C)CC)CC1. The van der Waals surface area contributed by atoms with E-state index in [4.69, 9.17) is 0 Å². The molecule has 1 aliphatic rings. The highest BCUT2D eigenvalue weighted by Gasteiger charge is 2.44. The van der Waals surface area contributed by atoms with Crippen LogP contribution in [0.25, 0.3) is 0 Å². The van der Waals surface area contributed by atoms with Crippen molar-refractivity contribution in [1.29, 1.82) is 0 Å². The average Bonchev–Trinajstić information content (AvgIpc) is 2.69. The van der Waals surface area contributed by atoms with Gasteiger partial charge in [0.05, 0.1) is 0 Å². The largest absolute Gasteiger partial charge is 0.0654 e. The first-order valence-electron chi connectivity index (χ1n) is 4.75. The van der Waals surface area contributed by atoms with Gasteiger partial charge in [-0.25, -0.2) is 0 Å². The predicted molar refractivity (Wildman–Crippen MR) is 46.0 cm³/mol. The normalized spacial score (nSPS) is 24.3. The topological polar surface area (TPSA) is 0 Å². The molecule has 0 aromatic rings. The molecule has 0 bridgehead atoms. The summed E-state index contributed by atoms with van der Waals surface area (Å²) >= 11 is 0. The molecule has 0 aromatic heterocycles. The Kier molecular flexibility index (Phi) is 2.38. The molecule has 1 aliphatic carbocycles. The minimum absolute atomic E-state index is 0.809. The van der Waals surface area contributed by atoms with Crippen molar-refractivity contribution in [3.05, 3.63) is 0 Å². The highest BCUT2D eigenvalue weighted by atomic mass is 14.5. The molecule has 0 saturated heterocycles. The van der Waals surface area contributed by atoms with Crippen LogP contribution in [0.1, 0.15) is 52.9 Å². The smallest absolute Gasteiger partial charge is 0.0272 e. The third-order valence-corrected chi connectivity index (χ3v) is 3.30. The summed E-state index contributed by atoms with van der Waals surface area (Å²) in [6, 6.07) is 0. The predicted octanol–water partition coefficient (Wildman–Crippen LogP) is 3.61. The summed E-state index contributed by atoms with van der Waals surface area (Å²) < 4.78 is 0. The first-order valence-corrected chi connectivity index (χ1v) is 4.75. The van der Waals surface area contributed by atoms with Crippen molar-refractivity contribution in [2.24, 2.45) is 11.3 Å². The zero-order chi connectivity index (χ0) is 7.61. The van der Waals surface area contributed by atoms with Gasteiger partial charge in [0.1, 0.15) is 0 Å². The van der Waals surface area contributed by atoms with Crippen molar-refractivity contribution in [3.8, 4) is 0 Å². The summed E-state index contributed by atoms with van der Waals surface area (Å²) in [6.45, 7) is 7.05. The second kappa shape index (κ2) is 2.94. The summed E-state index contributed by atoms with van der Waals surface area (Å²) in [5.41, 5.74) is 0.809. The zero-order valence-electron chi connectivity index (χ0n) is 7.61. The molecule has 1 unspecified atom stereocenters. The highest BCUT2D eigenvalue weighted by Crippen LogP contribution is 2.56. The fourth-order valence-electron chi connectivity index (χ4n) is 2.08. The lowest BCUT2D eigenvalue weighted by Crippen LogP contribution is -2.11. The monoisotopic (exact) mass is 140 g/mol. The summed E-state index contributed by atoms with van der Waals surface area (Å²) in [6.07, 6.45) is 7.25. The molecule has 0 spiro atoms. The van der Waals surface area contributed by atoms with E-state index in [1.54, 1.807) is 0 Å². The Labute approximate surface area is 65.0 Å². The van der Waals surface area contributed by atoms with E-state index in [1.165, 1.54) is 32.1 Å². The first-order chi connectivity index (χ1) is 4.75. The van der Waals surface area contributed by atoms with Crippen molar-refractivity contribution in [2.75, 3.05) is 0 Å². The number of hydrogen-bond acceptors (Lipinski definition) is 0. The number of rotatable bonds is 4. The van der Waals surface area contributed by atoms with Gasteiger partial charge in [0.2, 0.25) is 0 Å². The van der Waals surface area contributed by atoms with E-state index >= 15 is 0 Å². The maximum atomic E-state index is 2.42. The number of hydrogen-bond donors (Lipinski definition) is 0. The van der Waals surface area contributed by atoms with Gasteiger partial charge in [-0.2, -0.15) is 0 Å². The van der Waals surface area contributed by atoms with Gasteiger partial charge in [-0.3, -0.25) is 0 Å². The molecule has 0 heterocycles. The Morgan fingerprint density at radius 2 is 1.90 bits per heavy atom. The van der Waals surface area contributed by atoms with Crippen LogP contribution in [-0.4, -0.2) is 0 Å². The minimum atomic E-state index is 0.809. The van der Waals surface area contributed by atoms with E-state index in [0.29, 0.717) is 0 Å². The molecular weight excluding hydrogens is 120 g/mol. The van der Waals surface area contributed by atoms with Crippen LogP contribution in [0.2, 0.25) is 0 Å². The molecule has 0 N–H and O–H groups in total. The van der Waals surface area contributed by atoms with Crippen LogP contribution in [0, 0.1) is 11.3 Å². The molecule has 1 rings (SSSR count). The maximum absolute atomic E-state index is 2.42. The third kappa shape index (κ3) is 1.36. The summed E-state index contributed by atoms with van der Waals surface area (Å²) in [5, 5.41) is 0. The lowest BCUT2D eigenvalue weighted by atomic mass is 9.85. The van der Waals surface area contributed by atoms with Crippen LogP contribution in [0.15, 0.2) is 0 Å². The molecule has 0 heteroatoms. The maximum Gasteiger partial charge on any atom is -0.0272 e. The van der Waals surface area contributed by atoms with Gasteiger partial charge in [0.15, 0.2) is 0 Å². The molecule has 0 radical (unpaired) electrons. The Bertz CT molecular complexity index is 101. The van der Waals surface area contributed by atoms with Crippen LogP contribution >= 0.6 is 0 Å². The molecule has 1 atom stereocenters. The fourth-order valence-corrected chi connectivity index (χ4v) is 2.08. The van der Waals surface area contributed by atoms with Gasteiger partial charge >= 0.3 is 0 Å². The van der Waals surface area contributed by atoms with Crippen LogP contribution in [0.3, 0.4) is 0 Å². The van der Waals surface area contributed by atoms with Crippen molar-refractivity contribution in [3.63, 3.8) is 0 Å². The molecule has 0 amide bonds. The summed E-state index contributed by atoms with van der Waals surface area (Å²) in [7, 11) is 0. The van der Waals surface area contributed by atoms with Crippen molar-refractivity contribution < 1.29 is 0 Å². The van der Waals surface area contributed by atoms with Crippen LogP contribution in [-0.2, 0) is 0 Å². The van der Waals surface area contributed by atoms with Gasteiger partial charge < -0.3 is 0 Å². The van der Waals surface area contributed by atoms with Crippen LogP contribution < -0.4 is 0 Å². The van der Waals surface area contributed by atoms with Gasteiger partial charge in [0, 0.05) is 0 Å². The lowest BCUT2D eigenvalue weighted by molar-refractivity contribution is 0.299. The summed E-state index contributed by atoms with van der Waals surface area (Å²) in [4.78, 5) is 0. The molecular formula is C10H20. The Balaban J connectivity index is 2.35. The summed E-state index contributed by atoms with van der Waals surface area (Å²) in [5.74, 6) is 0.979. The van der Waals surface area contributed by atoms with Crippen LogP contribution in [0.5, 0.6) is 0 Å². The third-order valence-electron chi connectivity index (χ3n) is 3.30. The van der Waals surface area contributed by atoms with Crippen molar-refractivity contribution >= 4 is 0 Å². The van der Waals surface area contributed by atoms with Gasteiger partial charge in [-0.1, -0.05) is 33.6 Å². The quantitative estimate of drug-likeness (QED) is 0.559. The van der Waals surface area contributed by atoms with E-state index < -0.39 is 0 Å². The highest BCUT2D eigenvalue weighted by molar-refractivity contribution is 4.95. The zero-order valence-corrected chi connectivity index (χ0v) is 7.61. The van der Waals surface area contributed by atoms with E-state index in [2.05, 4.69) is 20.8 Å². The van der Waals surface area contributed by atoms with Crippen molar-refractivity contribution in [1.82, 2.24) is 0 Å². The molecule has 1 saturated carbocycles. The lowest BCUT2D eigenvalue weighted by Gasteiger charge is -2.20. The van der Waals surface area contributed by atoms with Crippen LogP contribution in [0.4, 0.5) is 0 Å². The Hall–Kier alpha value is 0. The van der Waals surface area contributed by atoms with Gasteiger partial charge in [-0.05, 0) is 30.6 Å². The molecule has 0 nitrogen and oxygen atoms in total. The van der Waals surface area contributed by atoms with E-state index in [9.17, 15) is 0 Å². The standard InChI is InChI=1S/C10H20/c1-4-6-10(7-8-10)9(3)5-2/h9H,4-8H2,1-3H3. The molecule has 60 valence electrons. The second-order valence-electron chi connectivity index (χ2n) is 3.92. The average molecular weight is 140 g/mol. The Morgan fingerprint density at radius 1 is 1.30 bits per heavy atom. The molecule has 10 heavy (non-hydrogen) atoms. The minimum Gasteiger partial charge on any atom is -0.0654 e. The van der Waals surface area contributed by atoms with Gasteiger partial charge in [-0.15, -0.1) is 0 Å². The molecule has 1 fully saturated rings. The molecule has 0 aromatic carbocycles. The van der Waals surface area contributed by atoms with E-state index in [1.807, 2.05) is 0 Å². The fraction of sp³-hybridized carbons (Fsp3) is 1.00.